The fourth-order valence-electron chi connectivity index (χ4n) is 3.98. The van der Waals surface area contributed by atoms with Crippen LogP contribution in [0.4, 0.5) is 5.95 Å². The zero-order chi connectivity index (χ0) is 22.1. The maximum atomic E-state index is 9.15. The lowest BCUT2D eigenvalue weighted by atomic mass is 10.1. The molecular weight excluding hydrogens is 406 g/mol. The molecule has 0 radical (unpaired) electrons. The van der Waals surface area contributed by atoms with Crippen LogP contribution in [-0.4, -0.2) is 38.6 Å². The molecule has 0 bridgehead atoms. The summed E-state index contributed by atoms with van der Waals surface area (Å²) in [7, 11) is 1.59. The molecule has 0 amide bonds. The van der Waals surface area contributed by atoms with Crippen molar-refractivity contribution in [3.05, 3.63) is 59.9 Å². The Morgan fingerprint density at radius 3 is 2.88 bits per heavy atom. The van der Waals surface area contributed by atoms with Gasteiger partial charge in [-0.3, -0.25) is 4.57 Å². The third-order valence-corrected chi connectivity index (χ3v) is 5.67. The van der Waals surface area contributed by atoms with Gasteiger partial charge in [0, 0.05) is 42.5 Å². The zero-order valence-corrected chi connectivity index (χ0v) is 17.8. The van der Waals surface area contributed by atoms with Crippen molar-refractivity contribution in [3.63, 3.8) is 0 Å². The molecule has 9 nitrogen and oxygen atoms in total. The molecule has 32 heavy (non-hydrogen) atoms. The number of aromatic nitrogens is 5. The summed E-state index contributed by atoms with van der Waals surface area (Å²) in [5.74, 6) is 2.75. The van der Waals surface area contributed by atoms with E-state index in [0.717, 1.165) is 48.1 Å². The van der Waals surface area contributed by atoms with Crippen molar-refractivity contribution in [3.8, 4) is 34.7 Å². The molecule has 3 aromatic heterocycles. The van der Waals surface area contributed by atoms with E-state index in [1.54, 1.807) is 25.4 Å². The van der Waals surface area contributed by atoms with Crippen molar-refractivity contribution in [1.82, 2.24) is 24.9 Å². The number of nitriles is 1. The summed E-state index contributed by atoms with van der Waals surface area (Å²) in [5, 5.41) is 22.4. The molecule has 0 N–H and O–H groups in total. The van der Waals surface area contributed by atoms with Crippen LogP contribution in [0.15, 0.2) is 53.2 Å². The first-order valence-electron chi connectivity index (χ1n) is 10.4. The highest BCUT2D eigenvalue weighted by Gasteiger charge is 2.29. The van der Waals surface area contributed by atoms with Crippen LogP contribution in [-0.2, 0) is 6.54 Å². The number of hydrogen-bond acceptors (Lipinski definition) is 8. The Kier molecular flexibility index (Phi) is 5.03. The van der Waals surface area contributed by atoms with E-state index in [1.807, 2.05) is 30.3 Å². The van der Waals surface area contributed by atoms with E-state index < -0.39 is 0 Å². The van der Waals surface area contributed by atoms with Crippen LogP contribution in [0.5, 0.6) is 5.88 Å². The quantitative estimate of drug-likeness (QED) is 0.473. The number of fused-ring (bicyclic) bond motifs is 1. The Morgan fingerprint density at radius 2 is 2.03 bits per heavy atom. The largest absolute Gasteiger partial charge is 0.481 e. The van der Waals surface area contributed by atoms with Gasteiger partial charge in [-0.15, -0.1) is 10.2 Å². The summed E-state index contributed by atoms with van der Waals surface area (Å²) in [4.78, 5) is 6.36. The summed E-state index contributed by atoms with van der Waals surface area (Å²) in [6, 6.07) is 15.1. The van der Waals surface area contributed by atoms with Crippen LogP contribution in [0.2, 0.25) is 0 Å². The topological polar surface area (TPSA) is 106 Å². The van der Waals surface area contributed by atoms with Gasteiger partial charge < -0.3 is 14.2 Å². The Morgan fingerprint density at radius 1 is 1.12 bits per heavy atom. The molecule has 1 atom stereocenters. The highest BCUT2D eigenvalue weighted by Crippen LogP contribution is 2.33. The lowest BCUT2D eigenvalue weighted by molar-refractivity contribution is 0.398. The van der Waals surface area contributed by atoms with Crippen molar-refractivity contribution in [2.45, 2.75) is 25.9 Å². The van der Waals surface area contributed by atoms with Crippen molar-refractivity contribution < 1.29 is 9.26 Å². The normalized spacial score (nSPS) is 14.0. The first-order chi connectivity index (χ1) is 15.7. The first-order valence-corrected chi connectivity index (χ1v) is 10.4. The number of nitrogens with zero attached hydrogens (tertiary/aromatic N) is 7. The fourth-order valence-corrected chi connectivity index (χ4v) is 3.98. The molecule has 1 aliphatic rings. The van der Waals surface area contributed by atoms with Gasteiger partial charge in [0.2, 0.25) is 11.8 Å². The molecule has 5 rings (SSSR count). The Hall–Kier alpha value is -4.19. The molecule has 0 saturated heterocycles. The summed E-state index contributed by atoms with van der Waals surface area (Å²) in [6.07, 6.45) is 2.66. The van der Waals surface area contributed by atoms with Crippen molar-refractivity contribution in [2.75, 3.05) is 18.6 Å². The highest BCUT2D eigenvalue weighted by molar-refractivity contribution is 5.61. The van der Waals surface area contributed by atoms with Crippen LogP contribution >= 0.6 is 0 Å². The van der Waals surface area contributed by atoms with Crippen LogP contribution < -0.4 is 9.64 Å². The van der Waals surface area contributed by atoms with Gasteiger partial charge in [-0.1, -0.05) is 17.3 Å². The second kappa shape index (κ2) is 8.15. The third kappa shape index (κ3) is 3.46. The van der Waals surface area contributed by atoms with Gasteiger partial charge in [0.05, 0.1) is 24.8 Å². The Balaban J connectivity index is 1.44. The number of ether oxygens (including phenoxy) is 1. The summed E-state index contributed by atoms with van der Waals surface area (Å²) >= 11 is 0. The average molecular weight is 427 g/mol. The lowest BCUT2D eigenvalue weighted by Gasteiger charge is -2.32. The second-order valence-corrected chi connectivity index (χ2v) is 7.59. The molecule has 1 aliphatic heterocycles. The molecule has 0 fully saturated rings. The minimum atomic E-state index is -0.0604. The van der Waals surface area contributed by atoms with Crippen LogP contribution in [0.3, 0.4) is 0 Å². The van der Waals surface area contributed by atoms with Gasteiger partial charge in [-0.05, 0) is 31.5 Å². The SMILES string of the molecule is COc1cc(-c2nnc3n2CCCN3[C@H](C)c2cc(-c3cccc(C#N)c3)on2)ccn1. The van der Waals surface area contributed by atoms with E-state index >= 15 is 0 Å². The molecule has 0 spiro atoms. The molecule has 0 unspecified atom stereocenters. The maximum Gasteiger partial charge on any atom is 0.228 e. The number of benzene rings is 1. The fraction of sp³-hybridized carbons (Fsp3) is 0.261. The molecule has 4 heterocycles. The summed E-state index contributed by atoms with van der Waals surface area (Å²) in [6.45, 7) is 3.74. The Labute approximate surface area is 184 Å². The summed E-state index contributed by atoms with van der Waals surface area (Å²) in [5.41, 5.74) is 3.11. The first kappa shape index (κ1) is 19.8. The number of hydrogen-bond donors (Lipinski definition) is 0. The monoisotopic (exact) mass is 427 g/mol. The standard InChI is InChI=1S/C23H21N7O2/c1-15(19-13-20(32-28-19)17-6-3-5-16(11-17)14-24)29-9-4-10-30-22(26-27-23(29)30)18-7-8-25-21(12-18)31-2/h3,5-8,11-13,15H,4,9-10H2,1-2H3/t15-/m1/s1. The number of pyridine rings is 1. The van der Waals surface area contributed by atoms with Crippen LogP contribution in [0.25, 0.3) is 22.7 Å². The minimum Gasteiger partial charge on any atom is -0.481 e. The van der Waals surface area contributed by atoms with Gasteiger partial charge in [-0.25, -0.2) is 4.98 Å². The molecule has 0 saturated carbocycles. The predicted molar refractivity (Wildman–Crippen MR) is 117 cm³/mol. The van der Waals surface area contributed by atoms with E-state index in [-0.39, 0.29) is 6.04 Å². The van der Waals surface area contributed by atoms with E-state index in [0.29, 0.717) is 17.2 Å². The molecule has 4 aromatic rings. The van der Waals surface area contributed by atoms with E-state index in [1.165, 1.54) is 0 Å². The average Bonchev–Trinajstić information content (AvgIpc) is 3.51. The van der Waals surface area contributed by atoms with E-state index in [9.17, 15) is 0 Å². The van der Waals surface area contributed by atoms with Crippen LogP contribution in [0, 0.1) is 11.3 Å². The van der Waals surface area contributed by atoms with Crippen LogP contribution in [0.1, 0.15) is 30.6 Å². The van der Waals surface area contributed by atoms with Gasteiger partial charge in [0.25, 0.3) is 0 Å². The van der Waals surface area contributed by atoms with Gasteiger partial charge in [0.1, 0.15) is 5.69 Å². The number of rotatable bonds is 5. The second-order valence-electron chi connectivity index (χ2n) is 7.59. The molecular formula is C23H21N7O2. The minimum absolute atomic E-state index is 0.0604. The van der Waals surface area contributed by atoms with Gasteiger partial charge >= 0.3 is 0 Å². The highest BCUT2D eigenvalue weighted by atomic mass is 16.5. The zero-order valence-electron chi connectivity index (χ0n) is 17.8. The van der Waals surface area contributed by atoms with Crippen molar-refractivity contribution in [2.24, 2.45) is 0 Å². The van der Waals surface area contributed by atoms with Crippen molar-refractivity contribution in [1.29, 1.82) is 5.26 Å². The predicted octanol–water partition coefficient (Wildman–Crippen LogP) is 3.85. The third-order valence-electron chi connectivity index (χ3n) is 5.67. The maximum absolute atomic E-state index is 9.15. The van der Waals surface area contributed by atoms with E-state index in [2.05, 4.69) is 42.8 Å². The molecule has 9 heteroatoms. The lowest BCUT2D eigenvalue weighted by Crippen LogP contribution is -2.35. The number of anilines is 1. The molecule has 0 aliphatic carbocycles. The van der Waals surface area contributed by atoms with Crippen molar-refractivity contribution >= 4 is 5.95 Å². The smallest absolute Gasteiger partial charge is 0.228 e. The van der Waals surface area contributed by atoms with Gasteiger partial charge in [-0.2, -0.15) is 5.26 Å². The van der Waals surface area contributed by atoms with E-state index in [4.69, 9.17) is 14.5 Å². The molecule has 160 valence electrons. The Bertz CT molecular complexity index is 1300. The van der Waals surface area contributed by atoms with Gasteiger partial charge in [0.15, 0.2) is 11.6 Å². The summed E-state index contributed by atoms with van der Waals surface area (Å²) < 4.78 is 13.0. The number of methoxy groups -OCH3 is 1. The molecule has 1 aromatic carbocycles.